The molecule has 2 heterocycles. The van der Waals surface area contributed by atoms with Crippen LogP contribution >= 0.6 is 11.8 Å². The minimum atomic E-state index is -0.158. The lowest BCUT2D eigenvalue weighted by Gasteiger charge is -2.10. The molecule has 0 aliphatic rings. The van der Waals surface area contributed by atoms with E-state index in [1.54, 1.807) is 6.07 Å². The van der Waals surface area contributed by atoms with E-state index in [4.69, 9.17) is 0 Å². The summed E-state index contributed by atoms with van der Waals surface area (Å²) in [5, 5.41) is 7.75. The number of benzene rings is 2. The Bertz CT molecular complexity index is 1090. The van der Waals surface area contributed by atoms with Gasteiger partial charge in [-0.2, -0.15) is 10.1 Å². The van der Waals surface area contributed by atoms with Crippen LogP contribution < -0.4 is 5.56 Å². The van der Waals surface area contributed by atoms with Gasteiger partial charge in [0.2, 0.25) is 5.95 Å². The van der Waals surface area contributed by atoms with Crippen molar-refractivity contribution in [2.75, 3.05) is 0 Å². The molecule has 0 saturated carbocycles. The Morgan fingerprint density at radius 2 is 2.04 bits per heavy atom. The zero-order valence-corrected chi connectivity index (χ0v) is 14.3. The Morgan fingerprint density at radius 3 is 2.84 bits per heavy atom. The van der Waals surface area contributed by atoms with Crippen molar-refractivity contribution in [1.29, 1.82) is 0 Å². The Kier molecular flexibility index (Phi) is 4.07. The van der Waals surface area contributed by atoms with Gasteiger partial charge in [-0.3, -0.25) is 4.79 Å². The quantitative estimate of drug-likeness (QED) is 0.452. The number of H-pyrrole nitrogens is 1. The fourth-order valence-corrected chi connectivity index (χ4v) is 3.59. The van der Waals surface area contributed by atoms with Gasteiger partial charge in [0.25, 0.3) is 5.56 Å². The fraction of sp³-hybridized carbons (Fsp3) is 0.111. The van der Waals surface area contributed by atoms with Crippen LogP contribution in [0.15, 0.2) is 64.8 Å². The van der Waals surface area contributed by atoms with Gasteiger partial charge in [-0.25, -0.2) is 14.6 Å². The largest absolute Gasteiger partial charge is 0.269 e. The van der Waals surface area contributed by atoms with Gasteiger partial charge < -0.3 is 0 Å². The summed E-state index contributed by atoms with van der Waals surface area (Å²) < 4.78 is 1.48. The molecule has 0 aliphatic heterocycles. The standard InChI is InChI=1S/C18H15N5OS/c1-12-5-4-6-13(9-12)10-25-18-21-15-8-3-2-7-14(15)16(24)23(18)17-19-11-20-22-17/h2-9,11H,10H2,1H3,(H,19,20,22). The van der Waals surface area contributed by atoms with Crippen molar-refractivity contribution in [3.05, 3.63) is 76.3 Å². The van der Waals surface area contributed by atoms with Gasteiger partial charge in [0, 0.05) is 5.75 Å². The molecule has 1 N–H and O–H groups in total. The third-order valence-corrected chi connectivity index (χ3v) is 4.82. The van der Waals surface area contributed by atoms with Crippen molar-refractivity contribution in [2.45, 2.75) is 17.8 Å². The van der Waals surface area contributed by atoms with Crippen LogP contribution in [0.4, 0.5) is 0 Å². The van der Waals surface area contributed by atoms with E-state index >= 15 is 0 Å². The molecule has 4 rings (SSSR count). The summed E-state index contributed by atoms with van der Waals surface area (Å²) >= 11 is 1.50. The zero-order valence-electron chi connectivity index (χ0n) is 13.5. The normalized spacial score (nSPS) is 11.1. The molecule has 0 amide bonds. The molecular formula is C18H15N5OS. The van der Waals surface area contributed by atoms with E-state index in [0.717, 1.165) is 0 Å². The van der Waals surface area contributed by atoms with Crippen molar-refractivity contribution >= 4 is 22.7 Å². The summed E-state index contributed by atoms with van der Waals surface area (Å²) in [4.78, 5) is 21.7. The number of nitrogens with one attached hydrogen (secondary N) is 1. The highest BCUT2D eigenvalue weighted by atomic mass is 32.2. The number of rotatable bonds is 4. The van der Waals surface area contributed by atoms with Crippen molar-refractivity contribution < 1.29 is 0 Å². The Hall–Kier alpha value is -2.93. The van der Waals surface area contributed by atoms with Gasteiger partial charge in [-0.1, -0.05) is 53.7 Å². The maximum Gasteiger partial charge on any atom is 0.269 e. The predicted molar refractivity (Wildman–Crippen MR) is 98.0 cm³/mol. The number of nitrogens with zero attached hydrogens (tertiary/aromatic N) is 4. The third kappa shape index (κ3) is 3.06. The fourth-order valence-electron chi connectivity index (χ4n) is 2.65. The van der Waals surface area contributed by atoms with E-state index in [0.29, 0.717) is 27.8 Å². The van der Waals surface area contributed by atoms with Gasteiger partial charge in [-0.05, 0) is 24.6 Å². The number of fused-ring (bicyclic) bond motifs is 1. The second-order valence-electron chi connectivity index (χ2n) is 5.64. The predicted octanol–water partition coefficient (Wildman–Crippen LogP) is 3.10. The number of hydrogen-bond acceptors (Lipinski definition) is 5. The number of aryl methyl sites for hydroxylation is 1. The first-order valence-electron chi connectivity index (χ1n) is 7.78. The second-order valence-corrected chi connectivity index (χ2v) is 6.58. The van der Waals surface area contributed by atoms with Crippen molar-refractivity contribution in [2.24, 2.45) is 0 Å². The minimum absolute atomic E-state index is 0.158. The number of aromatic amines is 1. The Morgan fingerprint density at radius 1 is 1.16 bits per heavy atom. The average molecular weight is 349 g/mol. The van der Waals surface area contributed by atoms with E-state index in [1.165, 1.54) is 33.8 Å². The Balaban J connectivity index is 1.81. The minimum Gasteiger partial charge on any atom is -0.268 e. The molecule has 6 nitrogen and oxygen atoms in total. The van der Waals surface area contributed by atoms with Crippen molar-refractivity contribution in [3.63, 3.8) is 0 Å². The van der Waals surface area contributed by atoms with Crippen LogP contribution in [-0.4, -0.2) is 24.7 Å². The molecule has 124 valence electrons. The van der Waals surface area contributed by atoms with Crippen LogP contribution in [0.5, 0.6) is 0 Å². The highest BCUT2D eigenvalue weighted by Crippen LogP contribution is 2.23. The molecule has 0 bridgehead atoms. The lowest BCUT2D eigenvalue weighted by atomic mass is 10.2. The summed E-state index contributed by atoms with van der Waals surface area (Å²) in [5.41, 5.74) is 2.90. The number of thioether (sulfide) groups is 1. The second kappa shape index (κ2) is 6.52. The molecule has 25 heavy (non-hydrogen) atoms. The highest BCUT2D eigenvalue weighted by Gasteiger charge is 2.15. The average Bonchev–Trinajstić information content (AvgIpc) is 3.14. The maximum absolute atomic E-state index is 12.9. The van der Waals surface area contributed by atoms with Crippen LogP contribution in [0.25, 0.3) is 16.9 Å². The zero-order chi connectivity index (χ0) is 17.2. The van der Waals surface area contributed by atoms with E-state index in [9.17, 15) is 4.79 Å². The lowest BCUT2D eigenvalue weighted by Crippen LogP contribution is -2.22. The van der Waals surface area contributed by atoms with E-state index in [2.05, 4.69) is 45.3 Å². The molecule has 0 spiro atoms. The van der Waals surface area contributed by atoms with E-state index in [-0.39, 0.29) is 5.56 Å². The summed E-state index contributed by atoms with van der Waals surface area (Å²) in [6.45, 7) is 2.06. The topological polar surface area (TPSA) is 76.5 Å². The van der Waals surface area contributed by atoms with Crippen LogP contribution in [0.1, 0.15) is 11.1 Å². The SMILES string of the molecule is Cc1cccc(CSc2nc3ccccc3c(=O)n2-c2ncn[nH]2)c1. The molecule has 0 saturated heterocycles. The number of hydrogen-bond donors (Lipinski definition) is 1. The first-order valence-corrected chi connectivity index (χ1v) is 8.77. The van der Waals surface area contributed by atoms with E-state index in [1.807, 2.05) is 24.3 Å². The number of aromatic nitrogens is 5. The van der Waals surface area contributed by atoms with Gasteiger partial charge in [0.15, 0.2) is 5.16 Å². The van der Waals surface area contributed by atoms with Gasteiger partial charge >= 0.3 is 0 Å². The molecule has 0 radical (unpaired) electrons. The lowest BCUT2D eigenvalue weighted by molar-refractivity contribution is 0.771. The first kappa shape index (κ1) is 15.6. The highest BCUT2D eigenvalue weighted by molar-refractivity contribution is 7.98. The van der Waals surface area contributed by atoms with Crippen LogP contribution in [0.2, 0.25) is 0 Å². The van der Waals surface area contributed by atoms with Crippen LogP contribution in [0.3, 0.4) is 0 Å². The summed E-state index contributed by atoms with van der Waals surface area (Å²) in [5.74, 6) is 1.08. The maximum atomic E-state index is 12.9. The van der Waals surface area contributed by atoms with Crippen LogP contribution in [-0.2, 0) is 5.75 Å². The molecule has 0 atom stereocenters. The smallest absolute Gasteiger partial charge is 0.268 e. The summed E-state index contributed by atoms with van der Waals surface area (Å²) in [6, 6.07) is 15.6. The molecule has 4 aromatic rings. The summed E-state index contributed by atoms with van der Waals surface area (Å²) in [6.07, 6.45) is 1.38. The molecule has 0 fully saturated rings. The molecule has 0 aliphatic carbocycles. The van der Waals surface area contributed by atoms with Crippen molar-refractivity contribution in [3.8, 4) is 5.95 Å². The van der Waals surface area contributed by atoms with Gasteiger partial charge in [-0.15, -0.1) is 0 Å². The van der Waals surface area contributed by atoms with Gasteiger partial charge in [0.1, 0.15) is 6.33 Å². The molecule has 2 aromatic heterocycles. The molecular weight excluding hydrogens is 334 g/mol. The van der Waals surface area contributed by atoms with E-state index < -0.39 is 0 Å². The molecule has 2 aromatic carbocycles. The Labute approximate surface area is 148 Å². The van der Waals surface area contributed by atoms with Crippen molar-refractivity contribution in [1.82, 2.24) is 24.7 Å². The molecule has 0 unspecified atom stereocenters. The van der Waals surface area contributed by atoms with Gasteiger partial charge in [0.05, 0.1) is 10.9 Å². The monoisotopic (exact) mass is 349 g/mol. The third-order valence-electron chi connectivity index (χ3n) is 3.81. The molecule has 7 heteroatoms. The van der Waals surface area contributed by atoms with Crippen LogP contribution in [0, 0.1) is 6.92 Å². The summed E-state index contributed by atoms with van der Waals surface area (Å²) in [7, 11) is 0. The first-order chi connectivity index (χ1) is 12.2. The number of para-hydroxylation sites is 1.